The minimum Gasteiger partial charge on any atom is -0.359 e. The smallest absolute Gasteiger partial charge is 0.246 e. The Hall–Kier alpha value is -2.67. The third kappa shape index (κ3) is 3.17. The van der Waals surface area contributed by atoms with Crippen LogP contribution in [0.5, 0.6) is 0 Å². The molecule has 3 heterocycles. The molecule has 3 aliphatic heterocycles. The quantitative estimate of drug-likeness (QED) is 0.703. The van der Waals surface area contributed by atoms with Crippen LogP contribution >= 0.6 is 0 Å². The largest absolute Gasteiger partial charge is 0.359 e. The van der Waals surface area contributed by atoms with E-state index < -0.39 is 29.6 Å². The Morgan fingerprint density at radius 3 is 2.58 bits per heavy atom. The number of rotatable bonds is 5. The summed E-state index contributed by atoms with van der Waals surface area (Å²) in [6.45, 7) is 0.309. The lowest BCUT2D eigenvalue weighted by Crippen LogP contribution is -2.56. The van der Waals surface area contributed by atoms with Crippen LogP contribution in [-0.2, 0) is 25.7 Å². The fraction of sp³-hybridized carbons (Fsp3) is 0.542. The summed E-state index contributed by atoms with van der Waals surface area (Å²) < 4.78 is 6.29. The van der Waals surface area contributed by atoms with E-state index in [0.717, 1.165) is 31.2 Å². The van der Waals surface area contributed by atoms with Crippen molar-refractivity contribution in [2.45, 2.75) is 62.4 Å². The molecule has 0 unspecified atom stereocenters. The number of nitrogens with one attached hydrogen (secondary N) is 2. The number of carbonyl (C=O) groups excluding carboxylic acids is 3. The molecule has 0 aromatic heterocycles. The number of likely N-dealkylation sites (tertiary alicyclic amines) is 1. The summed E-state index contributed by atoms with van der Waals surface area (Å²) in [5.74, 6) is -1.89. The summed E-state index contributed by atoms with van der Waals surface area (Å²) in [6.07, 6.45) is 8.55. The van der Waals surface area contributed by atoms with Crippen LogP contribution in [0.2, 0.25) is 0 Å². The summed E-state index contributed by atoms with van der Waals surface area (Å²) in [6, 6.07) is 8.98. The van der Waals surface area contributed by atoms with Crippen LogP contribution in [0.4, 0.5) is 0 Å². The molecule has 31 heavy (non-hydrogen) atoms. The van der Waals surface area contributed by atoms with Gasteiger partial charge in [-0.05, 0) is 18.4 Å². The van der Waals surface area contributed by atoms with E-state index in [-0.39, 0.29) is 23.8 Å². The standard InChI is InChI=1S/C24H29N3O4/c1-25-21(28)18-17-12-13-24(31-17)19(18)23(30)27(14-15-8-4-2-5-9-15)20(24)22(29)26-16-10-6-3-7-11-16/h2,4-5,8-9,12-13,16-20H,3,6-7,10-11,14H2,1H3,(H,25,28)(H,26,29)/t17-,18-,19-,20-,24-/m1/s1. The van der Waals surface area contributed by atoms with Crippen molar-refractivity contribution in [2.24, 2.45) is 11.8 Å². The van der Waals surface area contributed by atoms with Crippen LogP contribution in [0.3, 0.4) is 0 Å². The zero-order valence-corrected chi connectivity index (χ0v) is 17.8. The van der Waals surface area contributed by atoms with Crippen molar-refractivity contribution in [3.8, 4) is 0 Å². The van der Waals surface area contributed by atoms with Gasteiger partial charge in [-0.2, -0.15) is 0 Å². The highest BCUT2D eigenvalue weighted by Gasteiger charge is 2.72. The molecule has 1 saturated carbocycles. The fourth-order valence-electron chi connectivity index (χ4n) is 5.91. The maximum atomic E-state index is 13.7. The van der Waals surface area contributed by atoms with Gasteiger partial charge in [0.25, 0.3) is 0 Å². The van der Waals surface area contributed by atoms with Crippen molar-refractivity contribution in [3.05, 3.63) is 48.0 Å². The zero-order valence-electron chi connectivity index (χ0n) is 17.8. The molecule has 1 aromatic carbocycles. The normalized spacial score (nSPS) is 34.1. The predicted molar refractivity (Wildman–Crippen MR) is 114 cm³/mol. The number of benzene rings is 1. The van der Waals surface area contributed by atoms with Gasteiger partial charge in [-0.1, -0.05) is 61.7 Å². The maximum absolute atomic E-state index is 13.7. The van der Waals surface area contributed by atoms with E-state index in [0.29, 0.717) is 6.54 Å². The lowest BCUT2D eigenvalue weighted by Gasteiger charge is -2.34. The Labute approximate surface area is 182 Å². The number of hydrogen-bond donors (Lipinski definition) is 2. The van der Waals surface area contributed by atoms with Gasteiger partial charge in [0, 0.05) is 19.6 Å². The van der Waals surface area contributed by atoms with Gasteiger partial charge in [-0.15, -0.1) is 0 Å². The molecule has 2 bridgehead atoms. The third-order valence-corrected chi connectivity index (χ3v) is 7.32. The first-order chi connectivity index (χ1) is 15.0. The van der Waals surface area contributed by atoms with Crippen LogP contribution in [-0.4, -0.2) is 53.5 Å². The van der Waals surface area contributed by atoms with Gasteiger partial charge >= 0.3 is 0 Å². The highest BCUT2D eigenvalue weighted by atomic mass is 16.5. The number of hydrogen-bond acceptors (Lipinski definition) is 4. The average Bonchev–Trinajstić information content (AvgIpc) is 3.42. The molecule has 3 amide bonds. The molecule has 0 radical (unpaired) electrons. The van der Waals surface area contributed by atoms with Crippen molar-refractivity contribution in [2.75, 3.05) is 7.05 Å². The molecule has 164 valence electrons. The van der Waals surface area contributed by atoms with E-state index in [9.17, 15) is 14.4 Å². The molecule has 5 rings (SSSR count). The van der Waals surface area contributed by atoms with Crippen LogP contribution in [0, 0.1) is 11.8 Å². The van der Waals surface area contributed by atoms with Gasteiger partial charge in [-0.25, -0.2) is 0 Å². The van der Waals surface area contributed by atoms with E-state index in [1.165, 1.54) is 6.42 Å². The number of fused-ring (bicyclic) bond motifs is 1. The Morgan fingerprint density at radius 2 is 1.87 bits per heavy atom. The molecular weight excluding hydrogens is 394 g/mol. The summed E-state index contributed by atoms with van der Waals surface area (Å²) in [5.41, 5.74) is -0.148. The molecule has 5 atom stereocenters. The minimum absolute atomic E-state index is 0.127. The molecule has 1 spiro atoms. The minimum atomic E-state index is -1.09. The Morgan fingerprint density at radius 1 is 1.13 bits per heavy atom. The monoisotopic (exact) mass is 423 g/mol. The molecule has 4 aliphatic rings. The van der Waals surface area contributed by atoms with E-state index in [2.05, 4.69) is 10.6 Å². The first-order valence-corrected chi connectivity index (χ1v) is 11.3. The maximum Gasteiger partial charge on any atom is 0.246 e. The molecule has 1 aromatic rings. The molecular formula is C24H29N3O4. The highest BCUT2D eigenvalue weighted by molar-refractivity contribution is 5.99. The first-order valence-electron chi connectivity index (χ1n) is 11.3. The van der Waals surface area contributed by atoms with Crippen molar-refractivity contribution < 1.29 is 19.1 Å². The van der Waals surface area contributed by atoms with E-state index in [1.807, 2.05) is 42.5 Å². The second kappa shape index (κ2) is 7.79. The Balaban J connectivity index is 1.50. The lowest BCUT2D eigenvalue weighted by atomic mass is 9.74. The molecule has 2 saturated heterocycles. The molecule has 3 fully saturated rings. The van der Waals surface area contributed by atoms with Gasteiger partial charge in [0.1, 0.15) is 11.6 Å². The number of amides is 3. The SMILES string of the molecule is CNC(=O)[C@@H]1[C@H]2C=C[C@@]3(O2)[C@H]1C(=O)N(Cc1ccccc1)[C@@H]3C(=O)NC1CCCCC1. The van der Waals surface area contributed by atoms with Crippen LogP contribution < -0.4 is 10.6 Å². The van der Waals surface area contributed by atoms with Gasteiger partial charge < -0.3 is 20.3 Å². The molecule has 2 N–H and O–H groups in total. The first kappa shape index (κ1) is 20.2. The van der Waals surface area contributed by atoms with Gasteiger partial charge in [0.2, 0.25) is 17.7 Å². The number of ether oxygens (including phenoxy) is 1. The Kier molecular flexibility index (Phi) is 5.08. The molecule has 1 aliphatic carbocycles. The lowest BCUT2D eigenvalue weighted by molar-refractivity contribution is -0.142. The second-order valence-corrected chi connectivity index (χ2v) is 9.11. The molecule has 7 nitrogen and oxygen atoms in total. The van der Waals surface area contributed by atoms with Crippen LogP contribution in [0.15, 0.2) is 42.5 Å². The van der Waals surface area contributed by atoms with Crippen molar-refractivity contribution in [1.82, 2.24) is 15.5 Å². The zero-order chi connectivity index (χ0) is 21.6. The fourth-order valence-corrected chi connectivity index (χ4v) is 5.91. The molecule has 7 heteroatoms. The average molecular weight is 424 g/mol. The number of carbonyl (C=O) groups is 3. The summed E-state index contributed by atoms with van der Waals surface area (Å²) in [4.78, 5) is 41.6. The topological polar surface area (TPSA) is 87.7 Å². The van der Waals surface area contributed by atoms with Crippen LogP contribution in [0.25, 0.3) is 0 Å². The second-order valence-electron chi connectivity index (χ2n) is 9.11. The summed E-state index contributed by atoms with van der Waals surface area (Å²) >= 11 is 0. The highest BCUT2D eigenvalue weighted by Crippen LogP contribution is 2.55. The van der Waals surface area contributed by atoms with E-state index >= 15 is 0 Å². The summed E-state index contributed by atoms with van der Waals surface area (Å²) in [7, 11) is 1.57. The van der Waals surface area contributed by atoms with Gasteiger partial charge in [0.15, 0.2) is 0 Å². The van der Waals surface area contributed by atoms with Crippen molar-refractivity contribution >= 4 is 17.7 Å². The summed E-state index contributed by atoms with van der Waals surface area (Å²) in [5, 5.41) is 5.87. The van der Waals surface area contributed by atoms with E-state index in [4.69, 9.17) is 4.74 Å². The van der Waals surface area contributed by atoms with Gasteiger partial charge in [-0.3, -0.25) is 14.4 Å². The number of nitrogens with zero attached hydrogens (tertiary/aromatic N) is 1. The van der Waals surface area contributed by atoms with Crippen LogP contribution in [0.1, 0.15) is 37.7 Å². The van der Waals surface area contributed by atoms with Gasteiger partial charge in [0.05, 0.1) is 17.9 Å². The third-order valence-electron chi connectivity index (χ3n) is 7.32. The van der Waals surface area contributed by atoms with E-state index in [1.54, 1.807) is 11.9 Å². The Bertz CT molecular complexity index is 911. The predicted octanol–water partition coefficient (Wildman–Crippen LogP) is 1.53. The van der Waals surface area contributed by atoms with Crippen molar-refractivity contribution in [1.29, 1.82) is 0 Å². The van der Waals surface area contributed by atoms with Crippen molar-refractivity contribution in [3.63, 3.8) is 0 Å².